The monoisotopic (exact) mass is 356 g/mol. The number of tetrazole rings is 1. The molecule has 2 atom stereocenters. The van der Waals surface area contributed by atoms with Gasteiger partial charge >= 0.3 is 0 Å². The summed E-state index contributed by atoms with van der Waals surface area (Å²) in [5, 5.41) is 24.9. The molecule has 1 aromatic carbocycles. The van der Waals surface area contributed by atoms with Crippen molar-refractivity contribution in [3.8, 4) is 11.4 Å². The van der Waals surface area contributed by atoms with E-state index in [0.29, 0.717) is 25.3 Å². The van der Waals surface area contributed by atoms with Gasteiger partial charge in [0.1, 0.15) is 0 Å². The van der Waals surface area contributed by atoms with Crippen molar-refractivity contribution in [2.45, 2.75) is 31.9 Å². The van der Waals surface area contributed by atoms with E-state index in [9.17, 15) is 9.90 Å². The van der Waals surface area contributed by atoms with Crippen molar-refractivity contribution >= 4 is 5.91 Å². The summed E-state index contributed by atoms with van der Waals surface area (Å²) >= 11 is 0. The normalized spacial score (nSPS) is 26.5. The molecule has 8 heteroatoms. The Hall–Kier alpha value is -2.32. The Balaban J connectivity index is 1.41. The Morgan fingerprint density at radius 3 is 2.73 bits per heavy atom. The molecule has 8 nitrogen and oxygen atoms in total. The highest BCUT2D eigenvalue weighted by molar-refractivity contribution is 5.73. The van der Waals surface area contributed by atoms with E-state index in [-0.39, 0.29) is 11.8 Å². The number of amides is 1. The van der Waals surface area contributed by atoms with Crippen LogP contribution in [-0.2, 0) is 11.3 Å². The zero-order valence-corrected chi connectivity index (χ0v) is 14.9. The molecule has 0 bridgehead atoms. The molecule has 2 N–H and O–H groups in total. The van der Waals surface area contributed by atoms with Crippen molar-refractivity contribution in [2.24, 2.45) is 5.92 Å². The Kier molecular flexibility index (Phi) is 4.46. The number of carbonyl (C=O) groups is 1. The van der Waals surface area contributed by atoms with Crippen LogP contribution in [0.2, 0.25) is 0 Å². The number of likely N-dealkylation sites (tertiary alicyclic amines) is 2. The van der Waals surface area contributed by atoms with Gasteiger partial charge in [-0.3, -0.25) is 9.69 Å². The summed E-state index contributed by atoms with van der Waals surface area (Å²) in [5.74, 6) is 0.805. The van der Waals surface area contributed by atoms with Gasteiger partial charge in [0.05, 0.1) is 5.60 Å². The molecule has 4 rings (SSSR count). The van der Waals surface area contributed by atoms with Crippen LogP contribution < -0.4 is 0 Å². The molecule has 1 aromatic heterocycles. The molecule has 0 unspecified atom stereocenters. The molecule has 0 aliphatic carbocycles. The highest BCUT2D eigenvalue weighted by Crippen LogP contribution is 2.36. The minimum absolute atomic E-state index is 0.0984. The predicted octanol–water partition coefficient (Wildman–Crippen LogP) is 0.672. The van der Waals surface area contributed by atoms with Crippen LogP contribution in [-0.4, -0.2) is 73.2 Å². The number of aromatic amines is 1. The van der Waals surface area contributed by atoms with Crippen LogP contribution in [0.25, 0.3) is 11.4 Å². The number of carbonyl (C=O) groups excluding carboxylic acids is 1. The van der Waals surface area contributed by atoms with Crippen molar-refractivity contribution in [1.29, 1.82) is 0 Å². The van der Waals surface area contributed by atoms with Crippen molar-refractivity contribution in [3.05, 3.63) is 29.8 Å². The number of piperidine rings is 2. The Morgan fingerprint density at radius 2 is 2.04 bits per heavy atom. The molecule has 1 amide bonds. The molecular formula is C18H24N6O2. The van der Waals surface area contributed by atoms with Crippen molar-refractivity contribution in [1.82, 2.24) is 30.4 Å². The fourth-order valence-corrected chi connectivity index (χ4v) is 4.10. The van der Waals surface area contributed by atoms with Gasteiger partial charge in [-0.05, 0) is 23.6 Å². The molecule has 2 fully saturated rings. The molecule has 2 aliphatic heterocycles. The zero-order chi connectivity index (χ0) is 18.1. The largest absolute Gasteiger partial charge is 0.389 e. The lowest BCUT2D eigenvalue weighted by atomic mass is 9.75. The number of aliphatic hydroxyl groups is 1. The van der Waals surface area contributed by atoms with Gasteiger partial charge in [-0.1, -0.05) is 24.3 Å². The fourth-order valence-electron chi connectivity index (χ4n) is 4.10. The lowest BCUT2D eigenvalue weighted by Crippen LogP contribution is -2.60. The van der Waals surface area contributed by atoms with Gasteiger partial charge in [-0.15, -0.1) is 10.2 Å². The van der Waals surface area contributed by atoms with E-state index in [4.69, 9.17) is 0 Å². The Morgan fingerprint density at radius 1 is 1.27 bits per heavy atom. The van der Waals surface area contributed by atoms with E-state index < -0.39 is 5.60 Å². The number of fused-ring (bicyclic) bond motifs is 1. The van der Waals surface area contributed by atoms with Gasteiger partial charge in [0.25, 0.3) is 0 Å². The van der Waals surface area contributed by atoms with Gasteiger partial charge in [0.15, 0.2) is 0 Å². The summed E-state index contributed by atoms with van der Waals surface area (Å²) in [7, 11) is 0. The fraction of sp³-hybridized carbons (Fsp3) is 0.556. The summed E-state index contributed by atoms with van der Waals surface area (Å²) in [6.45, 7) is 5.45. The summed E-state index contributed by atoms with van der Waals surface area (Å²) in [6.07, 6.45) is 1.45. The van der Waals surface area contributed by atoms with Crippen LogP contribution in [0.4, 0.5) is 0 Å². The minimum atomic E-state index is -0.620. The standard InChI is InChI=1S/C18H24N6O2/c1-13(25)24-9-7-18(26)6-8-23(11-16(18)12-24)10-14-2-4-15(5-3-14)17-19-21-22-20-17/h2-5,16,26H,6-12H2,1H3,(H,19,20,21,22)/t16-,18-/m1/s1. The third-order valence-corrected chi connectivity index (χ3v) is 5.76. The molecule has 2 aromatic rings. The van der Waals surface area contributed by atoms with Crippen LogP contribution in [0.3, 0.4) is 0 Å². The first-order valence-corrected chi connectivity index (χ1v) is 9.06. The van der Waals surface area contributed by atoms with E-state index >= 15 is 0 Å². The van der Waals surface area contributed by atoms with Crippen LogP contribution in [0.5, 0.6) is 0 Å². The number of hydrogen-bond acceptors (Lipinski definition) is 6. The summed E-state index contributed by atoms with van der Waals surface area (Å²) < 4.78 is 0. The van der Waals surface area contributed by atoms with Crippen molar-refractivity contribution < 1.29 is 9.90 Å². The minimum Gasteiger partial charge on any atom is -0.389 e. The molecule has 0 saturated carbocycles. The summed E-state index contributed by atoms with van der Waals surface area (Å²) in [6, 6.07) is 8.15. The predicted molar refractivity (Wildman–Crippen MR) is 94.8 cm³/mol. The van der Waals surface area contributed by atoms with Gasteiger partial charge in [-0.25, -0.2) is 0 Å². The molecule has 26 heavy (non-hydrogen) atoms. The first kappa shape index (κ1) is 17.1. The van der Waals surface area contributed by atoms with E-state index in [1.54, 1.807) is 6.92 Å². The van der Waals surface area contributed by atoms with Crippen LogP contribution in [0.15, 0.2) is 24.3 Å². The molecule has 2 saturated heterocycles. The van der Waals surface area contributed by atoms with Gasteiger partial charge < -0.3 is 10.0 Å². The Labute approximate surface area is 152 Å². The SMILES string of the molecule is CC(=O)N1CC[C@]2(O)CCN(Cc3ccc(-c4nn[nH]n4)cc3)C[C@@H]2C1. The van der Waals surface area contributed by atoms with Gasteiger partial charge in [-0.2, -0.15) is 5.21 Å². The second-order valence-electron chi connectivity index (χ2n) is 7.43. The number of aromatic nitrogens is 4. The second kappa shape index (κ2) is 6.77. The molecule has 138 valence electrons. The molecule has 0 spiro atoms. The first-order valence-electron chi connectivity index (χ1n) is 9.06. The average Bonchev–Trinajstić information content (AvgIpc) is 3.17. The van der Waals surface area contributed by atoms with E-state index in [1.807, 2.05) is 17.0 Å². The topological polar surface area (TPSA) is 98.2 Å². The maximum absolute atomic E-state index is 11.7. The number of nitrogens with one attached hydrogen (secondary N) is 1. The third kappa shape index (κ3) is 3.34. The van der Waals surface area contributed by atoms with Crippen molar-refractivity contribution in [2.75, 3.05) is 26.2 Å². The summed E-state index contributed by atoms with van der Waals surface area (Å²) in [5.41, 5.74) is 1.52. The average molecular weight is 356 g/mol. The molecule has 0 radical (unpaired) electrons. The van der Waals surface area contributed by atoms with Gasteiger partial charge in [0.2, 0.25) is 11.7 Å². The molecule has 2 aliphatic rings. The van der Waals surface area contributed by atoms with Gasteiger partial charge in [0, 0.05) is 51.1 Å². The molecular weight excluding hydrogens is 332 g/mol. The maximum atomic E-state index is 11.7. The smallest absolute Gasteiger partial charge is 0.219 e. The number of rotatable bonds is 3. The lowest BCUT2D eigenvalue weighted by molar-refractivity contribution is -0.145. The number of nitrogens with zero attached hydrogens (tertiary/aromatic N) is 5. The van der Waals surface area contributed by atoms with E-state index in [2.05, 4.69) is 37.7 Å². The quantitative estimate of drug-likeness (QED) is 0.839. The van der Waals surface area contributed by atoms with E-state index in [1.165, 1.54) is 5.56 Å². The number of benzene rings is 1. The number of hydrogen-bond donors (Lipinski definition) is 2. The van der Waals surface area contributed by atoms with Crippen LogP contribution in [0, 0.1) is 5.92 Å². The van der Waals surface area contributed by atoms with E-state index in [0.717, 1.165) is 31.6 Å². The summed E-state index contributed by atoms with van der Waals surface area (Å²) in [4.78, 5) is 15.9. The molecule has 3 heterocycles. The first-order chi connectivity index (χ1) is 12.5. The maximum Gasteiger partial charge on any atom is 0.219 e. The zero-order valence-electron chi connectivity index (χ0n) is 14.9. The highest BCUT2D eigenvalue weighted by Gasteiger charge is 2.45. The third-order valence-electron chi connectivity index (χ3n) is 5.76. The lowest BCUT2D eigenvalue weighted by Gasteiger charge is -2.50. The highest BCUT2D eigenvalue weighted by atomic mass is 16.3. The number of H-pyrrole nitrogens is 1. The van der Waals surface area contributed by atoms with Crippen LogP contribution in [0.1, 0.15) is 25.3 Å². The van der Waals surface area contributed by atoms with Crippen LogP contribution >= 0.6 is 0 Å². The second-order valence-corrected chi connectivity index (χ2v) is 7.43. The Bertz CT molecular complexity index is 762. The van der Waals surface area contributed by atoms with Crippen molar-refractivity contribution in [3.63, 3.8) is 0 Å².